The number of aliphatic hydroxyl groups is 1. The van der Waals surface area contributed by atoms with Crippen LogP contribution in [-0.4, -0.2) is 79.6 Å². The summed E-state index contributed by atoms with van der Waals surface area (Å²) < 4.78 is 22.9. The number of aliphatic hydroxyl groups excluding tert-OH is 1. The maximum atomic E-state index is 12.2. The van der Waals surface area contributed by atoms with E-state index in [0.717, 1.165) is 19.4 Å². The second-order valence-corrected chi connectivity index (χ2v) is 7.74. The van der Waals surface area contributed by atoms with Gasteiger partial charge in [0.1, 0.15) is 0 Å². The Kier molecular flexibility index (Phi) is 4.47. The largest absolute Gasteiger partial charge is 0.395 e. The van der Waals surface area contributed by atoms with Gasteiger partial charge in [-0.1, -0.05) is 0 Å². The standard InChI is InChI=1S/C12H22N2O4S/c1-13(11-4-6-19(17,18)9-11)12(16)7-14-5-2-3-10(14)8-15/h10-11,15H,2-9H2,1H3/t10-,11?/m1/s1. The molecule has 19 heavy (non-hydrogen) atoms. The van der Waals surface area contributed by atoms with Crippen molar-refractivity contribution in [1.82, 2.24) is 9.80 Å². The van der Waals surface area contributed by atoms with E-state index in [-0.39, 0.29) is 42.6 Å². The Labute approximate surface area is 114 Å². The summed E-state index contributed by atoms with van der Waals surface area (Å²) in [5, 5.41) is 9.22. The number of sulfone groups is 1. The van der Waals surface area contributed by atoms with E-state index >= 15 is 0 Å². The smallest absolute Gasteiger partial charge is 0.236 e. The molecule has 2 atom stereocenters. The third-order valence-electron chi connectivity index (χ3n) is 4.20. The molecule has 2 fully saturated rings. The highest BCUT2D eigenvalue weighted by Crippen LogP contribution is 2.19. The van der Waals surface area contributed by atoms with Crippen LogP contribution in [0.5, 0.6) is 0 Å². The summed E-state index contributed by atoms with van der Waals surface area (Å²) in [5.41, 5.74) is 0. The van der Waals surface area contributed by atoms with Crippen molar-refractivity contribution in [2.75, 3.05) is 38.2 Å². The van der Waals surface area contributed by atoms with Crippen molar-refractivity contribution in [3.63, 3.8) is 0 Å². The fraction of sp³-hybridized carbons (Fsp3) is 0.917. The lowest BCUT2D eigenvalue weighted by atomic mass is 10.2. The maximum Gasteiger partial charge on any atom is 0.236 e. The normalized spacial score (nSPS) is 30.6. The van der Waals surface area contributed by atoms with Crippen molar-refractivity contribution >= 4 is 15.7 Å². The molecule has 2 aliphatic heterocycles. The zero-order chi connectivity index (χ0) is 14.0. The molecule has 1 amide bonds. The summed E-state index contributed by atoms with van der Waals surface area (Å²) in [5.74, 6) is 0.208. The van der Waals surface area contributed by atoms with Gasteiger partial charge in [-0.3, -0.25) is 9.69 Å². The first kappa shape index (κ1) is 14.7. The van der Waals surface area contributed by atoms with Crippen LogP contribution >= 0.6 is 0 Å². The van der Waals surface area contributed by atoms with E-state index in [2.05, 4.69) is 0 Å². The van der Waals surface area contributed by atoms with Crippen molar-refractivity contribution in [3.05, 3.63) is 0 Å². The number of rotatable bonds is 4. The molecule has 0 radical (unpaired) electrons. The number of hydrogen-bond donors (Lipinski definition) is 1. The molecule has 0 bridgehead atoms. The Morgan fingerprint density at radius 1 is 1.42 bits per heavy atom. The van der Waals surface area contributed by atoms with E-state index in [1.807, 2.05) is 4.90 Å². The lowest BCUT2D eigenvalue weighted by molar-refractivity contribution is -0.133. The molecule has 7 heteroatoms. The lowest BCUT2D eigenvalue weighted by Crippen LogP contribution is -2.45. The number of hydrogen-bond acceptors (Lipinski definition) is 5. The topological polar surface area (TPSA) is 77.9 Å². The van der Waals surface area contributed by atoms with Gasteiger partial charge in [-0.15, -0.1) is 0 Å². The summed E-state index contributed by atoms with van der Waals surface area (Å²) in [6.45, 7) is 1.18. The summed E-state index contributed by atoms with van der Waals surface area (Å²) in [6.07, 6.45) is 2.46. The highest BCUT2D eigenvalue weighted by Gasteiger charge is 2.34. The molecular weight excluding hydrogens is 268 g/mol. The Bertz CT molecular complexity index is 437. The number of likely N-dealkylation sites (tertiary alicyclic amines) is 1. The molecule has 1 unspecified atom stereocenters. The van der Waals surface area contributed by atoms with Crippen LogP contribution in [0.3, 0.4) is 0 Å². The maximum absolute atomic E-state index is 12.2. The van der Waals surface area contributed by atoms with E-state index in [4.69, 9.17) is 0 Å². The summed E-state index contributed by atoms with van der Waals surface area (Å²) in [4.78, 5) is 15.7. The monoisotopic (exact) mass is 290 g/mol. The molecule has 0 aromatic rings. The van der Waals surface area contributed by atoms with Gasteiger partial charge in [0.15, 0.2) is 9.84 Å². The minimum absolute atomic E-state index is 0.0533. The molecular formula is C12H22N2O4S. The number of likely N-dealkylation sites (N-methyl/N-ethyl adjacent to an activating group) is 1. The van der Waals surface area contributed by atoms with Crippen LogP contribution < -0.4 is 0 Å². The molecule has 1 N–H and O–H groups in total. The highest BCUT2D eigenvalue weighted by molar-refractivity contribution is 7.91. The fourth-order valence-electron chi connectivity index (χ4n) is 2.88. The van der Waals surface area contributed by atoms with Crippen LogP contribution in [0, 0.1) is 0 Å². The molecule has 0 saturated carbocycles. The average Bonchev–Trinajstić information content (AvgIpc) is 2.94. The van der Waals surface area contributed by atoms with Gasteiger partial charge < -0.3 is 10.0 Å². The molecule has 0 spiro atoms. The van der Waals surface area contributed by atoms with Crippen molar-refractivity contribution in [2.24, 2.45) is 0 Å². The third kappa shape index (κ3) is 3.46. The van der Waals surface area contributed by atoms with E-state index in [1.165, 1.54) is 0 Å². The SMILES string of the molecule is CN(C(=O)CN1CCC[C@@H]1CO)C1CCS(=O)(=O)C1. The molecule has 0 aromatic heterocycles. The molecule has 2 aliphatic rings. The quantitative estimate of drug-likeness (QED) is 0.725. The highest BCUT2D eigenvalue weighted by atomic mass is 32.2. The van der Waals surface area contributed by atoms with Gasteiger partial charge in [0, 0.05) is 19.1 Å². The molecule has 6 nitrogen and oxygen atoms in total. The number of nitrogens with zero attached hydrogens (tertiary/aromatic N) is 2. The molecule has 0 aromatic carbocycles. The number of amides is 1. The summed E-state index contributed by atoms with van der Waals surface area (Å²) in [6, 6.07) is -0.114. The fourth-order valence-corrected chi connectivity index (χ4v) is 4.65. The van der Waals surface area contributed by atoms with E-state index in [0.29, 0.717) is 6.42 Å². The van der Waals surface area contributed by atoms with Crippen LogP contribution in [0.2, 0.25) is 0 Å². The van der Waals surface area contributed by atoms with Crippen molar-refractivity contribution in [3.8, 4) is 0 Å². The summed E-state index contributed by atoms with van der Waals surface area (Å²) >= 11 is 0. The predicted octanol–water partition coefficient (Wildman–Crippen LogP) is -0.911. The van der Waals surface area contributed by atoms with Gasteiger partial charge >= 0.3 is 0 Å². The predicted molar refractivity (Wildman–Crippen MR) is 71.5 cm³/mol. The Hall–Kier alpha value is -0.660. The first-order valence-electron chi connectivity index (χ1n) is 6.74. The zero-order valence-electron chi connectivity index (χ0n) is 11.3. The third-order valence-corrected chi connectivity index (χ3v) is 5.95. The number of carbonyl (C=O) groups excluding carboxylic acids is 1. The molecule has 2 heterocycles. The van der Waals surface area contributed by atoms with Gasteiger partial charge in [-0.2, -0.15) is 0 Å². The van der Waals surface area contributed by atoms with Gasteiger partial charge in [0.05, 0.1) is 24.7 Å². The molecule has 2 rings (SSSR count). The Morgan fingerprint density at radius 2 is 2.16 bits per heavy atom. The second-order valence-electron chi connectivity index (χ2n) is 5.51. The van der Waals surface area contributed by atoms with Crippen LogP contribution in [0.15, 0.2) is 0 Å². The van der Waals surface area contributed by atoms with Crippen LogP contribution in [0.25, 0.3) is 0 Å². The minimum atomic E-state index is -2.96. The van der Waals surface area contributed by atoms with Crippen molar-refractivity contribution in [2.45, 2.75) is 31.3 Å². The molecule has 0 aliphatic carbocycles. The summed E-state index contributed by atoms with van der Waals surface area (Å²) in [7, 11) is -1.29. The Balaban J connectivity index is 1.89. The Morgan fingerprint density at radius 3 is 2.74 bits per heavy atom. The second kappa shape index (κ2) is 5.76. The number of carbonyl (C=O) groups is 1. The first-order valence-corrected chi connectivity index (χ1v) is 8.56. The van der Waals surface area contributed by atoms with Crippen LogP contribution in [-0.2, 0) is 14.6 Å². The average molecular weight is 290 g/mol. The zero-order valence-corrected chi connectivity index (χ0v) is 12.1. The minimum Gasteiger partial charge on any atom is -0.395 e. The van der Waals surface area contributed by atoms with Gasteiger partial charge in [-0.05, 0) is 25.8 Å². The van der Waals surface area contributed by atoms with Crippen molar-refractivity contribution < 1.29 is 18.3 Å². The van der Waals surface area contributed by atoms with Crippen LogP contribution in [0.1, 0.15) is 19.3 Å². The molecule has 2 saturated heterocycles. The first-order chi connectivity index (χ1) is 8.93. The van der Waals surface area contributed by atoms with Gasteiger partial charge in [-0.25, -0.2) is 8.42 Å². The van der Waals surface area contributed by atoms with Gasteiger partial charge in [0.25, 0.3) is 0 Å². The molecule has 110 valence electrons. The van der Waals surface area contributed by atoms with E-state index in [9.17, 15) is 18.3 Å². The van der Waals surface area contributed by atoms with Crippen molar-refractivity contribution in [1.29, 1.82) is 0 Å². The van der Waals surface area contributed by atoms with E-state index in [1.54, 1.807) is 11.9 Å². The van der Waals surface area contributed by atoms with E-state index < -0.39 is 9.84 Å². The lowest BCUT2D eigenvalue weighted by Gasteiger charge is -2.28. The van der Waals surface area contributed by atoms with Gasteiger partial charge in [0.2, 0.25) is 5.91 Å². The van der Waals surface area contributed by atoms with Crippen LogP contribution in [0.4, 0.5) is 0 Å².